The lowest BCUT2D eigenvalue weighted by molar-refractivity contribution is -0.122. The van der Waals surface area contributed by atoms with E-state index in [1.807, 2.05) is 0 Å². The van der Waals surface area contributed by atoms with Crippen molar-refractivity contribution in [1.29, 1.82) is 0 Å². The molecule has 1 heterocycles. The largest absolute Gasteiger partial charge is 0.354 e. The van der Waals surface area contributed by atoms with Crippen LogP contribution in [0.25, 0.3) is 0 Å². The molecular weight excluding hydrogens is 255 g/mol. The number of carbonyl (C=O) groups excluding carboxylic acids is 1. The van der Waals surface area contributed by atoms with E-state index in [-0.39, 0.29) is 30.2 Å². The van der Waals surface area contributed by atoms with Crippen molar-refractivity contribution in [2.24, 2.45) is 0 Å². The Hall–Kier alpha value is -1.13. The smallest absolute Gasteiger partial charge is 0.237 e. The molecule has 2 N–H and O–H groups in total. The van der Waals surface area contributed by atoms with Gasteiger partial charge in [0.1, 0.15) is 5.82 Å². The number of nitrogens with one attached hydrogen (secondary N) is 2. The van der Waals surface area contributed by atoms with E-state index in [2.05, 4.69) is 10.6 Å². The van der Waals surface area contributed by atoms with E-state index in [1.165, 1.54) is 12.1 Å². The molecular formula is C13H18ClFN2O. The third kappa shape index (κ3) is 4.27. The molecule has 1 aliphatic heterocycles. The van der Waals surface area contributed by atoms with Crippen LogP contribution in [-0.2, 0) is 11.2 Å². The minimum absolute atomic E-state index is 0. The van der Waals surface area contributed by atoms with Gasteiger partial charge in [0, 0.05) is 6.54 Å². The average Bonchev–Trinajstić information content (AvgIpc) is 2.85. The van der Waals surface area contributed by atoms with Crippen LogP contribution in [0.15, 0.2) is 24.3 Å². The highest BCUT2D eigenvalue weighted by Gasteiger charge is 2.20. The first-order valence-corrected chi connectivity index (χ1v) is 6.01. The Balaban J connectivity index is 0.00000162. The molecule has 5 heteroatoms. The Morgan fingerprint density at radius 2 is 2.11 bits per heavy atom. The Kier molecular flexibility index (Phi) is 6.09. The molecule has 0 aliphatic carbocycles. The summed E-state index contributed by atoms with van der Waals surface area (Å²) in [6, 6.07) is 6.35. The fraction of sp³-hybridized carbons (Fsp3) is 0.462. The predicted molar refractivity (Wildman–Crippen MR) is 71.4 cm³/mol. The highest BCUT2D eigenvalue weighted by atomic mass is 35.5. The zero-order chi connectivity index (χ0) is 12.1. The number of hydrogen-bond acceptors (Lipinski definition) is 2. The molecule has 1 aromatic carbocycles. The minimum Gasteiger partial charge on any atom is -0.354 e. The number of rotatable bonds is 4. The second-order valence-electron chi connectivity index (χ2n) is 4.32. The van der Waals surface area contributed by atoms with Gasteiger partial charge in [-0.15, -0.1) is 12.4 Å². The lowest BCUT2D eigenvalue weighted by atomic mass is 10.1. The Morgan fingerprint density at radius 3 is 2.72 bits per heavy atom. The van der Waals surface area contributed by atoms with Gasteiger partial charge in [-0.05, 0) is 43.5 Å². The van der Waals surface area contributed by atoms with Gasteiger partial charge in [0.2, 0.25) is 5.91 Å². The molecule has 1 aromatic rings. The lowest BCUT2D eigenvalue weighted by Crippen LogP contribution is -2.41. The first kappa shape index (κ1) is 14.9. The van der Waals surface area contributed by atoms with Gasteiger partial charge in [0.05, 0.1) is 6.04 Å². The van der Waals surface area contributed by atoms with Crippen LogP contribution in [0.5, 0.6) is 0 Å². The zero-order valence-corrected chi connectivity index (χ0v) is 10.9. The highest BCUT2D eigenvalue weighted by Crippen LogP contribution is 2.05. The molecule has 0 radical (unpaired) electrons. The molecule has 0 saturated carbocycles. The molecule has 1 amide bonds. The normalized spacial score (nSPS) is 18.2. The summed E-state index contributed by atoms with van der Waals surface area (Å²) in [5, 5.41) is 6.04. The molecule has 1 saturated heterocycles. The topological polar surface area (TPSA) is 41.1 Å². The quantitative estimate of drug-likeness (QED) is 0.875. The van der Waals surface area contributed by atoms with Crippen molar-refractivity contribution >= 4 is 18.3 Å². The number of benzene rings is 1. The van der Waals surface area contributed by atoms with Gasteiger partial charge in [-0.2, -0.15) is 0 Å². The van der Waals surface area contributed by atoms with Crippen molar-refractivity contribution < 1.29 is 9.18 Å². The van der Waals surface area contributed by atoms with Crippen LogP contribution in [0.3, 0.4) is 0 Å². The van der Waals surface area contributed by atoms with Crippen LogP contribution in [0.1, 0.15) is 18.4 Å². The van der Waals surface area contributed by atoms with Gasteiger partial charge >= 0.3 is 0 Å². The highest BCUT2D eigenvalue weighted by molar-refractivity contribution is 5.85. The van der Waals surface area contributed by atoms with Gasteiger partial charge < -0.3 is 10.6 Å². The molecule has 0 spiro atoms. The maximum Gasteiger partial charge on any atom is 0.237 e. The van der Waals surface area contributed by atoms with E-state index in [9.17, 15) is 9.18 Å². The molecule has 18 heavy (non-hydrogen) atoms. The van der Waals surface area contributed by atoms with E-state index < -0.39 is 0 Å². The molecule has 1 atom stereocenters. The molecule has 3 nitrogen and oxygen atoms in total. The number of halogens is 2. The Bertz CT molecular complexity index is 377. The summed E-state index contributed by atoms with van der Waals surface area (Å²) in [7, 11) is 0. The van der Waals surface area contributed by atoms with Gasteiger partial charge in [0.25, 0.3) is 0 Å². The van der Waals surface area contributed by atoms with Crippen LogP contribution in [0.4, 0.5) is 4.39 Å². The van der Waals surface area contributed by atoms with Crippen LogP contribution in [0.2, 0.25) is 0 Å². The molecule has 100 valence electrons. The van der Waals surface area contributed by atoms with Crippen molar-refractivity contribution in [3.05, 3.63) is 35.6 Å². The summed E-state index contributed by atoms with van der Waals surface area (Å²) in [5.41, 5.74) is 1.03. The summed E-state index contributed by atoms with van der Waals surface area (Å²) in [6.45, 7) is 1.53. The van der Waals surface area contributed by atoms with Gasteiger partial charge in [-0.25, -0.2) is 4.39 Å². The number of carbonyl (C=O) groups is 1. The minimum atomic E-state index is -0.229. The standard InChI is InChI=1S/C13H17FN2O.ClH/c14-11-5-3-10(4-6-11)7-9-16-13(17)12-2-1-8-15-12;/h3-6,12,15H,1-2,7-9H2,(H,16,17);1H/t12-;/m0./s1. The van der Waals surface area contributed by atoms with E-state index in [1.54, 1.807) is 12.1 Å². The van der Waals surface area contributed by atoms with E-state index in [4.69, 9.17) is 0 Å². The third-order valence-electron chi connectivity index (χ3n) is 3.00. The van der Waals surface area contributed by atoms with Crippen molar-refractivity contribution in [2.45, 2.75) is 25.3 Å². The summed E-state index contributed by atoms with van der Waals surface area (Å²) in [4.78, 5) is 11.7. The second kappa shape index (κ2) is 7.34. The molecule has 1 aliphatic rings. The Labute approximate surface area is 113 Å². The maximum atomic E-state index is 12.7. The fourth-order valence-electron chi connectivity index (χ4n) is 2.01. The van der Waals surface area contributed by atoms with E-state index in [0.717, 1.165) is 31.4 Å². The SMILES string of the molecule is Cl.O=C(NCCc1ccc(F)cc1)[C@@H]1CCCN1. The van der Waals surface area contributed by atoms with Crippen LogP contribution >= 0.6 is 12.4 Å². The van der Waals surface area contributed by atoms with E-state index in [0.29, 0.717) is 6.54 Å². The van der Waals surface area contributed by atoms with Crippen molar-refractivity contribution in [1.82, 2.24) is 10.6 Å². The lowest BCUT2D eigenvalue weighted by Gasteiger charge is -2.10. The maximum absolute atomic E-state index is 12.7. The van der Waals surface area contributed by atoms with Crippen LogP contribution < -0.4 is 10.6 Å². The number of amides is 1. The third-order valence-corrected chi connectivity index (χ3v) is 3.00. The molecule has 0 unspecified atom stereocenters. The first-order valence-electron chi connectivity index (χ1n) is 6.01. The number of hydrogen-bond donors (Lipinski definition) is 2. The molecule has 0 bridgehead atoms. The van der Waals surface area contributed by atoms with Crippen molar-refractivity contribution in [3.63, 3.8) is 0 Å². The summed E-state index contributed by atoms with van der Waals surface area (Å²) in [5.74, 6) is -0.155. The average molecular weight is 273 g/mol. The van der Waals surface area contributed by atoms with Crippen LogP contribution in [0, 0.1) is 5.82 Å². The zero-order valence-electron chi connectivity index (χ0n) is 10.1. The monoisotopic (exact) mass is 272 g/mol. The van der Waals surface area contributed by atoms with Gasteiger partial charge in [0.15, 0.2) is 0 Å². The predicted octanol–water partition coefficient (Wildman–Crippen LogP) is 1.66. The summed E-state index contributed by atoms with van der Waals surface area (Å²) in [6.07, 6.45) is 2.72. The fourth-order valence-corrected chi connectivity index (χ4v) is 2.01. The summed E-state index contributed by atoms with van der Waals surface area (Å²) >= 11 is 0. The first-order chi connectivity index (χ1) is 8.25. The second-order valence-corrected chi connectivity index (χ2v) is 4.32. The van der Waals surface area contributed by atoms with E-state index >= 15 is 0 Å². The van der Waals surface area contributed by atoms with Gasteiger partial charge in [-0.1, -0.05) is 12.1 Å². The molecule has 0 aromatic heterocycles. The van der Waals surface area contributed by atoms with Crippen molar-refractivity contribution in [3.8, 4) is 0 Å². The molecule has 1 fully saturated rings. The van der Waals surface area contributed by atoms with Crippen molar-refractivity contribution in [2.75, 3.05) is 13.1 Å². The van der Waals surface area contributed by atoms with Crippen LogP contribution in [-0.4, -0.2) is 25.0 Å². The molecule has 2 rings (SSSR count). The Morgan fingerprint density at radius 1 is 1.39 bits per heavy atom. The van der Waals surface area contributed by atoms with Gasteiger partial charge in [-0.3, -0.25) is 4.79 Å². The summed E-state index contributed by atoms with van der Waals surface area (Å²) < 4.78 is 12.7.